The monoisotopic (exact) mass is 203 g/mol. The van der Waals surface area contributed by atoms with Crippen LogP contribution in [0.1, 0.15) is 25.7 Å². The van der Waals surface area contributed by atoms with Gasteiger partial charge in [0, 0.05) is 0 Å². The SMILES string of the molecule is CSCCCNCC1CCC(O)C1. The minimum atomic E-state index is -0.0157. The molecule has 2 N–H and O–H groups in total. The number of rotatable bonds is 6. The highest BCUT2D eigenvalue weighted by molar-refractivity contribution is 7.98. The number of aliphatic hydroxyl groups excluding tert-OH is 1. The molecule has 0 aromatic carbocycles. The summed E-state index contributed by atoms with van der Waals surface area (Å²) >= 11 is 1.90. The van der Waals surface area contributed by atoms with Crippen molar-refractivity contribution >= 4 is 11.8 Å². The van der Waals surface area contributed by atoms with Crippen LogP contribution < -0.4 is 5.32 Å². The molecule has 1 saturated carbocycles. The van der Waals surface area contributed by atoms with Crippen molar-refractivity contribution in [2.75, 3.05) is 25.1 Å². The van der Waals surface area contributed by atoms with Gasteiger partial charge in [-0.1, -0.05) is 0 Å². The topological polar surface area (TPSA) is 32.3 Å². The largest absolute Gasteiger partial charge is 0.393 e. The van der Waals surface area contributed by atoms with Crippen LogP contribution in [0, 0.1) is 5.92 Å². The van der Waals surface area contributed by atoms with Crippen molar-refractivity contribution in [2.45, 2.75) is 31.8 Å². The number of nitrogens with one attached hydrogen (secondary N) is 1. The Bertz CT molecular complexity index is 132. The molecule has 0 saturated heterocycles. The molecule has 1 aliphatic carbocycles. The molecule has 0 aromatic heterocycles. The fourth-order valence-electron chi connectivity index (χ4n) is 1.88. The maximum absolute atomic E-state index is 9.31. The number of hydrogen-bond acceptors (Lipinski definition) is 3. The number of thioether (sulfide) groups is 1. The van der Waals surface area contributed by atoms with Gasteiger partial charge in [0.1, 0.15) is 0 Å². The first-order chi connectivity index (χ1) is 6.33. The smallest absolute Gasteiger partial charge is 0.0543 e. The van der Waals surface area contributed by atoms with E-state index in [1.807, 2.05) is 11.8 Å². The van der Waals surface area contributed by atoms with Crippen LogP contribution >= 0.6 is 11.8 Å². The molecule has 13 heavy (non-hydrogen) atoms. The van der Waals surface area contributed by atoms with Gasteiger partial charge in [0.25, 0.3) is 0 Å². The summed E-state index contributed by atoms with van der Waals surface area (Å²) in [7, 11) is 0. The molecule has 2 atom stereocenters. The first kappa shape index (κ1) is 11.3. The zero-order chi connectivity index (χ0) is 9.52. The quantitative estimate of drug-likeness (QED) is 0.642. The predicted octanol–water partition coefficient (Wildman–Crippen LogP) is 1.49. The van der Waals surface area contributed by atoms with Crippen molar-refractivity contribution in [2.24, 2.45) is 5.92 Å². The van der Waals surface area contributed by atoms with Crippen molar-refractivity contribution in [1.82, 2.24) is 5.32 Å². The van der Waals surface area contributed by atoms with Gasteiger partial charge in [0.15, 0.2) is 0 Å². The minimum absolute atomic E-state index is 0.0157. The molecular weight excluding hydrogens is 182 g/mol. The van der Waals surface area contributed by atoms with E-state index >= 15 is 0 Å². The summed E-state index contributed by atoms with van der Waals surface area (Å²) in [6.07, 6.45) is 6.62. The van der Waals surface area contributed by atoms with Crippen molar-refractivity contribution in [3.8, 4) is 0 Å². The average Bonchev–Trinajstić information content (AvgIpc) is 2.51. The zero-order valence-electron chi connectivity index (χ0n) is 8.46. The third-order valence-electron chi connectivity index (χ3n) is 2.65. The van der Waals surface area contributed by atoms with Crippen molar-refractivity contribution in [1.29, 1.82) is 0 Å². The van der Waals surface area contributed by atoms with E-state index in [1.165, 1.54) is 18.6 Å². The lowest BCUT2D eigenvalue weighted by Crippen LogP contribution is -2.23. The van der Waals surface area contributed by atoms with E-state index in [-0.39, 0.29) is 6.10 Å². The Hall–Kier alpha value is 0.270. The van der Waals surface area contributed by atoms with Crippen LogP contribution in [0.15, 0.2) is 0 Å². The second kappa shape index (κ2) is 6.68. The standard InChI is InChI=1S/C10H21NOS/c1-13-6-2-5-11-8-9-3-4-10(12)7-9/h9-12H,2-8H2,1H3. The van der Waals surface area contributed by atoms with E-state index in [0.29, 0.717) is 0 Å². The van der Waals surface area contributed by atoms with E-state index in [4.69, 9.17) is 0 Å². The molecule has 2 unspecified atom stereocenters. The normalized spacial score (nSPS) is 28.2. The molecular formula is C10H21NOS. The second-order valence-corrected chi connectivity index (χ2v) is 4.87. The van der Waals surface area contributed by atoms with E-state index in [1.54, 1.807) is 0 Å². The van der Waals surface area contributed by atoms with Gasteiger partial charge in [-0.05, 0) is 56.7 Å². The summed E-state index contributed by atoms with van der Waals surface area (Å²) in [6, 6.07) is 0. The molecule has 0 heterocycles. The van der Waals surface area contributed by atoms with E-state index < -0.39 is 0 Å². The number of hydrogen-bond donors (Lipinski definition) is 2. The van der Waals surface area contributed by atoms with Crippen LogP contribution in [-0.2, 0) is 0 Å². The highest BCUT2D eigenvalue weighted by Gasteiger charge is 2.21. The lowest BCUT2D eigenvalue weighted by atomic mass is 10.1. The maximum Gasteiger partial charge on any atom is 0.0543 e. The van der Waals surface area contributed by atoms with Crippen LogP contribution in [0.25, 0.3) is 0 Å². The molecule has 0 amide bonds. The Kier molecular flexibility index (Phi) is 5.83. The van der Waals surface area contributed by atoms with E-state index in [2.05, 4.69) is 11.6 Å². The van der Waals surface area contributed by atoms with Gasteiger partial charge in [-0.15, -0.1) is 0 Å². The van der Waals surface area contributed by atoms with Crippen molar-refractivity contribution < 1.29 is 5.11 Å². The summed E-state index contributed by atoms with van der Waals surface area (Å²) in [5.74, 6) is 1.98. The Morgan fingerprint density at radius 2 is 2.31 bits per heavy atom. The Morgan fingerprint density at radius 1 is 1.46 bits per heavy atom. The first-order valence-corrected chi connectivity index (χ1v) is 6.60. The Labute approximate surface area is 85.5 Å². The van der Waals surface area contributed by atoms with Crippen LogP contribution in [0.5, 0.6) is 0 Å². The lowest BCUT2D eigenvalue weighted by molar-refractivity contribution is 0.177. The fourth-order valence-corrected chi connectivity index (χ4v) is 2.31. The molecule has 3 heteroatoms. The average molecular weight is 203 g/mol. The van der Waals surface area contributed by atoms with Crippen LogP contribution in [-0.4, -0.2) is 36.3 Å². The Balaban J connectivity index is 1.88. The van der Waals surface area contributed by atoms with E-state index in [0.717, 1.165) is 31.8 Å². The zero-order valence-corrected chi connectivity index (χ0v) is 9.28. The molecule has 0 bridgehead atoms. The highest BCUT2D eigenvalue weighted by atomic mass is 32.2. The summed E-state index contributed by atoms with van der Waals surface area (Å²) < 4.78 is 0. The summed E-state index contributed by atoms with van der Waals surface area (Å²) in [4.78, 5) is 0. The fraction of sp³-hybridized carbons (Fsp3) is 1.00. The van der Waals surface area contributed by atoms with Gasteiger partial charge < -0.3 is 10.4 Å². The molecule has 0 aromatic rings. The van der Waals surface area contributed by atoms with Crippen molar-refractivity contribution in [3.63, 3.8) is 0 Å². The molecule has 0 spiro atoms. The second-order valence-electron chi connectivity index (χ2n) is 3.88. The van der Waals surface area contributed by atoms with Gasteiger partial charge in [0.05, 0.1) is 6.10 Å². The molecule has 78 valence electrons. The van der Waals surface area contributed by atoms with Crippen LogP contribution in [0.2, 0.25) is 0 Å². The first-order valence-electron chi connectivity index (χ1n) is 5.20. The third kappa shape index (κ3) is 4.89. The van der Waals surface area contributed by atoms with Crippen molar-refractivity contribution in [3.05, 3.63) is 0 Å². The van der Waals surface area contributed by atoms with Gasteiger partial charge in [-0.25, -0.2) is 0 Å². The molecule has 0 radical (unpaired) electrons. The van der Waals surface area contributed by atoms with Crippen LogP contribution in [0.3, 0.4) is 0 Å². The summed E-state index contributed by atoms with van der Waals surface area (Å²) in [5, 5.41) is 12.8. The van der Waals surface area contributed by atoms with Gasteiger partial charge in [0.2, 0.25) is 0 Å². The summed E-state index contributed by atoms with van der Waals surface area (Å²) in [6.45, 7) is 2.23. The molecule has 1 rings (SSSR count). The highest BCUT2D eigenvalue weighted by Crippen LogP contribution is 2.24. The molecule has 0 aliphatic heterocycles. The molecule has 2 nitrogen and oxygen atoms in total. The van der Waals surface area contributed by atoms with Crippen LogP contribution in [0.4, 0.5) is 0 Å². The third-order valence-corrected chi connectivity index (χ3v) is 3.35. The van der Waals surface area contributed by atoms with Gasteiger partial charge in [-0.2, -0.15) is 11.8 Å². The molecule has 1 fully saturated rings. The minimum Gasteiger partial charge on any atom is -0.393 e. The number of aliphatic hydroxyl groups is 1. The van der Waals surface area contributed by atoms with Gasteiger partial charge in [-0.3, -0.25) is 0 Å². The van der Waals surface area contributed by atoms with E-state index in [9.17, 15) is 5.11 Å². The predicted molar refractivity (Wildman–Crippen MR) is 59.2 cm³/mol. The lowest BCUT2D eigenvalue weighted by Gasteiger charge is -2.10. The summed E-state index contributed by atoms with van der Waals surface area (Å²) in [5.41, 5.74) is 0. The van der Waals surface area contributed by atoms with Gasteiger partial charge >= 0.3 is 0 Å². The Morgan fingerprint density at radius 3 is 2.92 bits per heavy atom. The maximum atomic E-state index is 9.31. The molecule has 1 aliphatic rings.